The Morgan fingerprint density at radius 1 is 1.29 bits per heavy atom. The van der Waals surface area contributed by atoms with Crippen LogP contribution in [-0.2, 0) is 0 Å². The average molecular weight is 196 g/mol. The molecule has 4 atom stereocenters. The van der Waals surface area contributed by atoms with Crippen molar-refractivity contribution >= 4 is 0 Å². The molecule has 0 heterocycles. The fourth-order valence-corrected chi connectivity index (χ4v) is 3.33. The smallest absolute Gasteiger partial charge is 0.0110 e. The van der Waals surface area contributed by atoms with Gasteiger partial charge in [0, 0.05) is 6.04 Å². The number of hydrogen-bond donors (Lipinski definition) is 2. The van der Waals surface area contributed by atoms with Gasteiger partial charge >= 0.3 is 0 Å². The van der Waals surface area contributed by atoms with Gasteiger partial charge in [-0.25, -0.2) is 0 Å². The summed E-state index contributed by atoms with van der Waals surface area (Å²) in [5.74, 6) is 2.59. The van der Waals surface area contributed by atoms with E-state index < -0.39 is 0 Å². The minimum atomic E-state index is 0.503. The van der Waals surface area contributed by atoms with Gasteiger partial charge in [-0.1, -0.05) is 13.3 Å². The number of unbranched alkanes of at least 4 members (excludes halogenated alkanes) is 1. The maximum atomic E-state index is 6.24. The monoisotopic (exact) mass is 196 g/mol. The van der Waals surface area contributed by atoms with Gasteiger partial charge in [-0.15, -0.1) is 0 Å². The molecule has 0 aliphatic heterocycles. The van der Waals surface area contributed by atoms with Crippen LogP contribution in [0.15, 0.2) is 0 Å². The van der Waals surface area contributed by atoms with Crippen LogP contribution in [0.5, 0.6) is 0 Å². The molecule has 0 saturated heterocycles. The standard InChI is InChI=1S/C12H24N2/c1-2-3-6-14-8-11-9-4-5-10(7-9)12(11)13/h9-12,14H,2-8,13H2,1H3. The van der Waals surface area contributed by atoms with E-state index in [0.717, 1.165) is 17.8 Å². The van der Waals surface area contributed by atoms with Crippen LogP contribution in [0.3, 0.4) is 0 Å². The van der Waals surface area contributed by atoms with Gasteiger partial charge in [0.25, 0.3) is 0 Å². The van der Waals surface area contributed by atoms with Crippen LogP contribution in [0.25, 0.3) is 0 Å². The van der Waals surface area contributed by atoms with E-state index >= 15 is 0 Å². The van der Waals surface area contributed by atoms with Gasteiger partial charge in [-0.2, -0.15) is 0 Å². The summed E-state index contributed by atoms with van der Waals surface area (Å²) >= 11 is 0. The molecular weight excluding hydrogens is 172 g/mol. The van der Waals surface area contributed by atoms with Crippen LogP contribution in [-0.4, -0.2) is 19.1 Å². The molecule has 82 valence electrons. The second-order valence-electron chi connectivity index (χ2n) is 5.13. The highest BCUT2D eigenvalue weighted by Crippen LogP contribution is 2.47. The van der Waals surface area contributed by atoms with Gasteiger partial charge in [0.15, 0.2) is 0 Å². The Kier molecular flexibility index (Phi) is 3.45. The van der Waals surface area contributed by atoms with Crippen LogP contribution in [0.1, 0.15) is 39.0 Å². The van der Waals surface area contributed by atoms with E-state index in [-0.39, 0.29) is 0 Å². The Morgan fingerprint density at radius 3 is 2.71 bits per heavy atom. The molecule has 0 amide bonds. The summed E-state index contributed by atoms with van der Waals surface area (Å²) in [7, 11) is 0. The minimum Gasteiger partial charge on any atom is -0.327 e. The van der Waals surface area contributed by atoms with Gasteiger partial charge < -0.3 is 11.1 Å². The third-order valence-electron chi connectivity index (χ3n) is 4.25. The lowest BCUT2D eigenvalue weighted by Crippen LogP contribution is -2.41. The maximum absolute atomic E-state index is 6.24. The van der Waals surface area contributed by atoms with E-state index in [2.05, 4.69) is 12.2 Å². The molecule has 2 fully saturated rings. The first-order chi connectivity index (χ1) is 6.83. The van der Waals surface area contributed by atoms with E-state index in [4.69, 9.17) is 5.73 Å². The quantitative estimate of drug-likeness (QED) is 0.657. The molecule has 0 aromatic heterocycles. The van der Waals surface area contributed by atoms with Gasteiger partial charge in [0.1, 0.15) is 0 Å². The summed E-state index contributed by atoms with van der Waals surface area (Å²) in [6.45, 7) is 4.59. The molecule has 2 aliphatic rings. The second-order valence-corrected chi connectivity index (χ2v) is 5.13. The number of hydrogen-bond acceptors (Lipinski definition) is 2. The van der Waals surface area contributed by atoms with Gasteiger partial charge in [-0.3, -0.25) is 0 Å². The SMILES string of the molecule is CCCCNCC1C2CCC(C2)C1N. The Hall–Kier alpha value is -0.0800. The minimum absolute atomic E-state index is 0.503. The summed E-state index contributed by atoms with van der Waals surface area (Å²) in [4.78, 5) is 0. The molecule has 2 saturated carbocycles. The molecule has 0 aromatic rings. The van der Waals surface area contributed by atoms with Crippen molar-refractivity contribution in [2.45, 2.75) is 45.1 Å². The second kappa shape index (κ2) is 4.63. The zero-order valence-electron chi connectivity index (χ0n) is 9.34. The first kappa shape index (κ1) is 10.4. The first-order valence-corrected chi connectivity index (χ1v) is 6.29. The van der Waals surface area contributed by atoms with Crippen molar-refractivity contribution in [1.82, 2.24) is 5.32 Å². The van der Waals surface area contributed by atoms with Crippen molar-refractivity contribution in [1.29, 1.82) is 0 Å². The van der Waals surface area contributed by atoms with E-state index in [9.17, 15) is 0 Å². The van der Waals surface area contributed by atoms with Gasteiger partial charge in [-0.05, 0) is 56.5 Å². The van der Waals surface area contributed by atoms with Crippen molar-refractivity contribution in [3.63, 3.8) is 0 Å². The topological polar surface area (TPSA) is 38.0 Å². The van der Waals surface area contributed by atoms with Crippen LogP contribution in [0, 0.1) is 17.8 Å². The van der Waals surface area contributed by atoms with E-state index in [0.29, 0.717) is 6.04 Å². The van der Waals surface area contributed by atoms with E-state index in [1.807, 2.05) is 0 Å². The third-order valence-corrected chi connectivity index (χ3v) is 4.25. The lowest BCUT2D eigenvalue weighted by molar-refractivity contribution is 0.278. The predicted molar refractivity (Wildman–Crippen MR) is 60.1 cm³/mol. The molecule has 2 aliphatic carbocycles. The Balaban J connectivity index is 1.70. The van der Waals surface area contributed by atoms with Crippen molar-refractivity contribution in [3.8, 4) is 0 Å². The molecule has 0 aromatic carbocycles. The van der Waals surface area contributed by atoms with Gasteiger partial charge in [0.05, 0.1) is 0 Å². The molecule has 0 radical (unpaired) electrons. The highest BCUT2D eigenvalue weighted by atomic mass is 14.9. The van der Waals surface area contributed by atoms with Crippen LogP contribution in [0.4, 0.5) is 0 Å². The zero-order chi connectivity index (χ0) is 9.97. The molecule has 2 nitrogen and oxygen atoms in total. The normalized spacial score (nSPS) is 40.7. The Morgan fingerprint density at radius 2 is 2.07 bits per heavy atom. The molecule has 14 heavy (non-hydrogen) atoms. The third kappa shape index (κ3) is 1.96. The molecule has 2 bridgehead atoms. The van der Waals surface area contributed by atoms with Crippen LogP contribution in [0.2, 0.25) is 0 Å². The summed E-state index contributed by atoms with van der Waals surface area (Å²) in [5, 5.41) is 3.56. The lowest BCUT2D eigenvalue weighted by atomic mass is 9.85. The van der Waals surface area contributed by atoms with E-state index in [1.165, 1.54) is 45.2 Å². The zero-order valence-corrected chi connectivity index (χ0v) is 9.34. The Labute approximate surface area is 87.6 Å². The molecule has 0 spiro atoms. The van der Waals surface area contributed by atoms with Crippen molar-refractivity contribution in [3.05, 3.63) is 0 Å². The summed E-state index contributed by atoms with van der Waals surface area (Å²) < 4.78 is 0. The Bertz CT molecular complexity index is 179. The molecular formula is C12H24N2. The van der Waals surface area contributed by atoms with Gasteiger partial charge in [0.2, 0.25) is 0 Å². The lowest BCUT2D eigenvalue weighted by Gasteiger charge is -2.28. The summed E-state index contributed by atoms with van der Waals surface area (Å²) in [6, 6.07) is 0.503. The molecule has 2 rings (SSSR count). The number of nitrogens with one attached hydrogen (secondary N) is 1. The highest BCUT2D eigenvalue weighted by Gasteiger charge is 2.45. The highest BCUT2D eigenvalue weighted by molar-refractivity contribution is 4.99. The molecule has 2 heteroatoms. The van der Waals surface area contributed by atoms with Crippen molar-refractivity contribution in [2.75, 3.05) is 13.1 Å². The van der Waals surface area contributed by atoms with Crippen molar-refractivity contribution in [2.24, 2.45) is 23.5 Å². The fourth-order valence-electron chi connectivity index (χ4n) is 3.33. The molecule has 4 unspecified atom stereocenters. The molecule has 3 N–H and O–H groups in total. The number of nitrogens with two attached hydrogens (primary N) is 1. The van der Waals surface area contributed by atoms with E-state index in [1.54, 1.807) is 0 Å². The van der Waals surface area contributed by atoms with Crippen LogP contribution >= 0.6 is 0 Å². The van der Waals surface area contributed by atoms with Crippen LogP contribution < -0.4 is 11.1 Å². The maximum Gasteiger partial charge on any atom is 0.0110 e. The fraction of sp³-hybridized carbons (Fsp3) is 1.00. The largest absolute Gasteiger partial charge is 0.327 e. The summed E-state index contributed by atoms with van der Waals surface area (Å²) in [5.41, 5.74) is 6.24. The number of rotatable bonds is 5. The summed E-state index contributed by atoms with van der Waals surface area (Å²) in [6.07, 6.45) is 6.85. The average Bonchev–Trinajstić information content (AvgIpc) is 2.75. The predicted octanol–water partition coefficient (Wildman–Crippen LogP) is 1.75. The van der Waals surface area contributed by atoms with Crippen molar-refractivity contribution < 1.29 is 0 Å². The number of fused-ring (bicyclic) bond motifs is 2. The first-order valence-electron chi connectivity index (χ1n) is 6.29.